The van der Waals surface area contributed by atoms with Crippen molar-refractivity contribution in [1.82, 2.24) is 10.6 Å². The van der Waals surface area contributed by atoms with Crippen LogP contribution in [0.25, 0.3) is 6.08 Å². The molecule has 1 aromatic rings. The molecule has 1 rings (SSSR count). The van der Waals surface area contributed by atoms with Crippen molar-refractivity contribution in [2.45, 2.75) is 12.5 Å². The Morgan fingerprint density at radius 3 is 2.86 bits per heavy atom. The summed E-state index contributed by atoms with van der Waals surface area (Å²) in [5.41, 5.74) is 0.833. The van der Waals surface area contributed by atoms with Gasteiger partial charge >= 0.3 is 12.0 Å². The van der Waals surface area contributed by atoms with Crippen molar-refractivity contribution in [3.63, 3.8) is 0 Å². The van der Waals surface area contributed by atoms with E-state index in [0.717, 1.165) is 5.56 Å². The topological polar surface area (TPSA) is 78.4 Å². The van der Waals surface area contributed by atoms with Gasteiger partial charge in [0.1, 0.15) is 6.04 Å². The molecule has 0 aliphatic rings. The maximum absolute atomic E-state index is 11.6. The van der Waals surface area contributed by atoms with Crippen molar-refractivity contribution < 1.29 is 14.7 Å². The van der Waals surface area contributed by atoms with Gasteiger partial charge in [0.2, 0.25) is 0 Å². The van der Waals surface area contributed by atoms with Crippen molar-refractivity contribution in [3.8, 4) is 0 Å². The summed E-state index contributed by atoms with van der Waals surface area (Å²) in [6, 6.07) is 5.68. The van der Waals surface area contributed by atoms with Crippen LogP contribution in [-0.4, -0.2) is 35.2 Å². The number of hydrogen-bond donors (Lipinski definition) is 3. The van der Waals surface area contributed by atoms with Crippen molar-refractivity contribution in [3.05, 3.63) is 41.1 Å². The van der Waals surface area contributed by atoms with E-state index in [1.807, 2.05) is 12.3 Å². The summed E-state index contributed by atoms with van der Waals surface area (Å²) in [6.07, 6.45) is 5.37. The zero-order valence-electron chi connectivity index (χ0n) is 11.5. The summed E-state index contributed by atoms with van der Waals surface area (Å²) in [4.78, 5) is 22.6. The van der Waals surface area contributed by atoms with Crippen LogP contribution in [0.5, 0.6) is 0 Å². The number of rotatable bonds is 7. The zero-order chi connectivity index (χ0) is 15.7. The number of urea groups is 1. The summed E-state index contributed by atoms with van der Waals surface area (Å²) >= 11 is 7.37. The van der Waals surface area contributed by atoms with Gasteiger partial charge in [0.25, 0.3) is 0 Å². The Labute approximate surface area is 132 Å². The van der Waals surface area contributed by atoms with Crippen molar-refractivity contribution in [2.75, 3.05) is 12.0 Å². The second-order valence-electron chi connectivity index (χ2n) is 4.18. The minimum Gasteiger partial charge on any atom is -0.480 e. The zero-order valence-corrected chi connectivity index (χ0v) is 13.1. The van der Waals surface area contributed by atoms with Crippen molar-refractivity contribution >= 4 is 41.4 Å². The van der Waals surface area contributed by atoms with Gasteiger partial charge in [0.15, 0.2) is 0 Å². The smallest absolute Gasteiger partial charge is 0.326 e. The van der Waals surface area contributed by atoms with E-state index in [1.54, 1.807) is 24.3 Å². The molecule has 1 unspecified atom stereocenters. The van der Waals surface area contributed by atoms with Gasteiger partial charge < -0.3 is 15.7 Å². The van der Waals surface area contributed by atoms with E-state index in [2.05, 4.69) is 10.6 Å². The third-order valence-electron chi connectivity index (χ3n) is 2.55. The molecule has 0 aliphatic heterocycles. The van der Waals surface area contributed by atoms with E-state index in [0.29, 0.717) is 17.2 Å². The van der Waals surface area contributed by atoms with Crippen LogP contribution in [0.4, 0.5) is 4.79 Å². The first-order valence-corrected chi connectivity index (χ1v) is 8.01. The predicted molar refractivity (Wildman–Crippen MR) is 86.6 cm³/mol. The number of carbonyl (C=O) groups is 2. The molecule has 1 aromatic carbocycles. The molecular formula is C14H17ClN2O3S. The minimum absolute atomic E-state index is 0.377. The number of halogens is 1. The maximum atomic E-state index is 11.6. The van der Waals surface area contributed by atoms with Crippen LogP contribution in [0.3, 0.4) is 0 Å². The molecule has 3 N–H and O–H groups in total. The Hall–Kier alpha value is -1.66. The lowest BCUT2D eigenvalue weighted by molar-refractivity contribution is -0.139. The summed E-state index contributed by atoms with van der Waals surface area (Å²) in [5, 5.41) is 14.5. The molecule has 0 radical (unpaired) electrons. The minimum atomic E-state index is -1.04. The Bertz CT molecular complexity index is 523. The van der Waals surface area contributed by atoms with Crippen LogP contribution in [-0.2, 0) is 4.79 Å². The van der Waals surface area contributed by atoms with Crippen molar-refractivity contribution in [1.29, 1.82) is 0 Å². The molecular weight excluding hydrogens is 312 g/mol. The number of nitrogens with one attached hydrogen (secondary N) is 2. The van der Waals surface area contributed by atoms with Gasteiger partial charge in [-0.15, -0.1) is 0 Å². The lowest BCUT2D eigenvalue weighted by Gasteiger charge is -2.13. The highest BCUT2D eigenvalue weighted by molar-refractivity contribution is 7.98. The normalized spacial score (nSPS) is 12.1. The lowest BCUT2D eigenvalue weighted by atomic mass is 10.2. The van der Waals surface area contributed by atoms with E-state index in [4.69, 9.17) is 16.7 Å². The molecule has 2 amide bonds. The number of carbonyl (C=O) groups excluding carboxylic acids is 1. The third-order valence-corrected chi connectivity index (χ3v) is 3.43. The Morgan fingerprint density at radius 2 is 2.24 bits per heavy atom. The largest absolute Gasteiger partial charge is 0.480 e. The summed E-state index contributed by atoms with van der Waals surface area (Å²) in [5.74, 6) is -0.381. The SMILES string of the molecule is CSCCC(NC(=O)N/C=C/c1cccc(Cl)c1)C(=O)O. The maximum Gasteiger partial charge on any atom is 0.326 e. The van der Waals surface area contributed by atoms with Crippen LogP contribution in [0, 0.1) is 0 Å². The van der Waals surface area contributed by atoms with Gasteiger partial charge in [-0.05, 0) is 42.2 Å². The highest BCUT2D eigenvalue weighted by Crippen LogP contribution is 2.11. The summed E-state index contributed by atoms with van der Waals surface area (Å²) < 4.78 is 0. The number of carboxylic acids is 1. The van der Waals surface area contributed by atoms with E-state index in [-0.39, 0.29) is 0 Å². The molecule has 0 fully saturated rings. The Kier molecular flexibility index (Phi) is 7.71. The first-order chi connectivity index (χ1) is 10.0. The molecule has 0 heterocycles. The first kappa shape index (κ1) is 17.4. The summed E-state index contributed by atoms with van der Waals surface area (Å²) in [6.45, 7) is 0. The van der Waals surface area contributed by atoms with Gasteiger partial charge in [-0.25, -0.2) is 9.59 Å². The standard InChI is InChI=1S/C14H17ClN2O3S/c1-21-8-6-12(13(18)19)17-14(20)16-7-5-10-3-2-4-11(15)9-10/h2-5,7,9,12H,6,8H2,1H3,(H,18,19)(H2,16,17,20)/b7-5+. The second kappa shape index (κ2) is 9.31. The number of thioether (sulfide) groups is 1. The quantitative estimate of drug-likeness (QED) is 0.719. The first-order valence-electron chi connectivity index (χ1n) is 6.24. The van der Waals surface area contributed by atoms with Gasteiger partial charge in [0, 0.05) is 11.2 Å². The fourth-order valence-electron chi connectivity index (χ4n) is 1.52. The average molecular weight is 329 g/mol. The van der Waals surface area contributed by atoms with Gasteiger partial charge in [-0.1, -0.05) is 23.7 Å². The molecule has 5 nitrogen and oxygen atoms in total. The Morgan fingerprint density at radius 1 is 1.48 bits per heavy atom. The number of aliphatic carboxylic acids is 1. The molecule has 114 valence electrons. The van der Waals surface area contributed by atoms with Gasteiger partial charge in [0.05, 0.1) is 0 Å². The molecule has 0 aromatic heterocycles. The number of amides is 2. The molecule has 0 saturated heterocycles. The van der Waals surface area contributed by atoms with Crippen molar-refractivity contribution in [2.24, 2.45) is 0 Å². The lowest BCUT2D eigenvalue weighted by Crippen LogP contribution is -2.44. The number of benzene rings is 1. The van der Waals surface area contributed by atoms with Crippen LogP contribution in [0.1, 0.15) is 12.0 Å². The van der Waals surface area contributed by atoms with E-state index in [9.17, 15) is 9.59 Å². The highest BCUT2D eigenvalue weighted by Gasteiger charge is 2.18. The third kappa shape index (κ3) is 7.06. The second-order valence-corrected chi connectivity index (χ2v) is 5.60. The molecule has 0 aliphatic carbocycles. The number of carboxylic acid groups (broad SMARTS) is 1. The molecule has 21 heavy (non-hydrogen) atoms. The molecule has 0 saturated carbocycles. The van der Waals surface area contributed by atoms with Crippen LogP contribution in [0.2, 0.25) is 5.02 Å². The predicted octanol–water partition coefficient (Wildman–Crippen LogP) is 2.82. The molecule has 1 atom stereocenters. The summed E-state index contributed by atoms with van der Waals surface area (Å²) in [7, 11) is 0. The van der Waals surface area contributed by atoms with E-state index in [1.165, 1.54) is 18.0 Å². The van der Waals surface area contributed by atoms with E-state index >= 15 is 0 Å². The van der Waals surface area contributed by atoms with Gasteiger partial charge in [-0.2, -0.15) is 11.8 Å². The van der Waals surface area contributed by atoms with E-state index < -0.39 is 18.0 Å². The molecule has 0 bridgehead atoms. The van der Waals surface area contributed by atoms with Gasteiger partial charge in [-0.3, -0.25) is 0 Å². The fourth-order valence-corrected chi connectivity index (χ4v) is 2.19. The molecule has 7 heteroatoms. The monoisotopic (exact) mass is 328 g/mol. The van der Waals surface area contributed by atoms with Crippen LogP contribution in [0.15, 0.2) is 30.5 Å². The molecule has 0 spiro atoms. The van der Waals surface area contributed by atoms with Crippen LogP contribution >= 0.6 is 23.4 Å². The van der Waals surface area contributed by atoms with Crippen LogP contribution < -0.4 is 10.6 Å². The number of hydrogen-bond acceptors (Lipinski definition) is 3. The Balaban J connectivity index is 2.47. The fraction of sp³-hybridized carbons (Fsp3) is 0.286. The highest BCUT2D eigenvalue weighted by atomic mass is 35.5. The average Bonchev–Trinajstić information content (AvgIpc) is 2.43.